The second kappa shape index (κ2) is 5.05. The third kappa shape index (κ3) is 2.26. The predicted octanol–water partition coefficient (Wildman–Crippen LogP) is 2.06. The zero-order valence-corrected chi connectivity index (χ0v) is 12.3. The normalized spacial score (nSPS) is 23.8. The summed E-state index contributed by atoms with van der Waals surface area (Å²) in [6, 6.07) is 2.11. The number of hydrogen-bond donors (Lipinski definition) is 1. The third-order valence-corrected chi connectivity index (χ3v) is 4.20. The summed E-state index contributed by atoms with van der Waals surface area (Å²) in [5.41, 5.74) is 2.10. The highest BCUT2D eigenvalue weighted by Crippen LogP contribution is 2.26. The molecule has 5 nitrogen and oxygen atoms in total. The molecule has 0 amide bonds. The summed E-state index contributed by atoms with van der Waals surface area (Å²) < 4.78 is 1.89. The minimum absolute atomic E-state index is 0.279. The van der Waals surface area contributed by atoms with Crippen LogP contribution in [-0.2, 0) is 0 Å². The molecular formula is C15H22N4O. The van der Waals surface area contributed by atoms with Crippen LogP contribution in [0, 0.1) is 5.92 Å². The van der Waals surface area contributed by atoms with E-state index in [2.05, 4.69) is 41.8 Å². The van der Waals surface area contributed by atoms with E-state index >= 15 is 0 Å². The predicted molar refractivity (Wildman–Crippen MR) is 79.1 cm³/mol. The molecule has 0 radical (unpaired) electrons. The van der Waals surface area contributed by atoms with Gasteiger partial charge in [0.2, 0.25) is 0 Å². The van der Waals surface area contributed by atoms with Crippen LogP contribution in [0.4, 0.5) is 5.82 Å². The van der Waals surface area contributed by atoms with E-state index in [1.807, 2.05) is 10.7 Å². The summed E-state index contributed by atoms with van der Waals surface area (Å²) in [4.78, 5) is 6.69. The molecule has 2 unspecified atom stereocenters. The lowest BCUT2D eigenvalue weighted by Crippen LogP contribution is -2.43. The zero-order chi connectivity index (χ0) is 14.3. The van der Waals surface area contributed by atoms with Gasteiger partial charge in [-0.3, -0.25) is 0 Å². The van der Waals surface area contributed by atoms with Crippen molar-refractivity contribution in [3.05, 3.63) is 24.2 Å². The Kier molecular flexibility index (Phi) is 3.38. The summed E-state index contributed by atoms with van der Waals surface area (Å²) in [5.74, 6) is 1.69. The van der Waals surface area contributed by atoms with Crippen LogP contribution in [0.2, 0.25) is 0 Å². The third-order valence-electron chi connectivity index (χ3n) is 4.20. The molecule has 2 atom stereocenters. The lowest BCUT2D eigenvalue weighted by atomic mass is 9.96. The molecule has 3 heterocycles. The molecule has 0 aliphatic carbocycles. The van der Waals surface area contributed by atoms with Gasteiger partial charge < -0.3 is 10.0 Å². The van der Waals surface area contributed by atoms with Gasteiger partial charge in [-0.05, 0) is 24.3 Å². The quantitative estimate of drug-likeness (QED) is 0.910. The van der Waals surface area contributed by atoms with Crippen molar-refractivity contribution < 1.29 is 5.11 Å². The minimum Gasteiger partial charge on any atom is -0.391 e. The van der Waals surface area contributed by atoms with Gasteiger partial charge in [0.1, 0.15) is 5.52 Å². The van der Waals surface area contributed by atoms with Crippen molar-refractivity contribution in [2.24, 2.45) is 5.92 Å². The number of piperidine rings is 1. The molecule has 0 bridgehead atoms. The average Bonchev–Trinajstić information content (AvgIpc) is 2.86. The molecule has 1 aliphatic heterocycles. The van der Waals surface area contributed by atoms with Gasteiger partial charge >= 0.3 is 0 Å². The molecule has 1 fully saturated rings. The lowest BCUT2D eigenvalue weighted by Gasteiger charge is -2.35. The number of hydrogen-bond acceptors (Lipinski definition) is 4. The first-order chi connectivity index (χ1) is 9.56. The van der Waals surface area contributed by atoms with Crippen molar-refractivity contribution in [2.75, 3.05) is 18.0 Å². The van der Waals surface area contributed by atoms with E-state index in [4.69, 9.17) is 0 Å². The van der Waals surface area contributed by atoms with Crippen molar-refractivity contribution in [2.45, 2.75) is 39.2 Å². The number of β-amino-alcohol motifs (C(OH)–C–C–N with tert-alkyl or cyclic N) is 1. The van der Waals surface area contributed by atoms with Crippen LogP contribution in [0.25, 0.3) is 5.52 Å². The Balaban J connectivity index is 1.99. The Hall–Kier alpha value is -1.62. The molecule has 0 saturated carbocycles. The lowest BCUT2D eigenvalue weighted by molar-refractivity contribution is 0.102. The van der Waals surface area contributed by atoms with E-state index < -0.39 is 0 Å². The second-order valence-electron chi connectivity index (χ2n) is 6.08. The number of fused-ring (bicyclic) bond motifs is 1. The van der Waals surface area contributed by atoms with Crippen molar-refractivity contribution in [1.82, 2.24) is 14.6 Å². The fraction of sp³-hybridized carbons (Fsp3) is 0.600. The number of anilines is 1. The van der Waals surface area contributed by atoms with Gasteiger partial charge in [0.15, 0.2) is 5.82 Å². The maximum Gasteiger partial charge on any atom is 0.154 e. The smallest absolute Gasteiger partial charge is 0.154 e. The van der Waals surface area contributed by atoms with E-state index in [9.17, 15) is 5.11 Å². The summed E-state index contributed by atoms with van der Waals surface area (Å²) in [7, 11) is 0. The molecule has 2 aromatic rings. The first-order valence-corrected chi connectivity index (χ1v) is 7.33. The molecule has 108 valence electrons. The van der Waals surface area contributed by atoms with Crippen molar-refractivity contribution in [3.63, 3.8) is 0 Å². The van der Waals surface area contributed by atoms with Gasteiger partial charge in [-0.25, -0.2) is 9.50 Å². The maximum absolute atomic E-state index is 10.1. The Morgan fingerprint density at radius 1 is 1.40 bits per heavy atom. The highest BCUT2D eigenvalue weighted by Gasteiger charge is 2.26. The van der Waals surface area contributed by atoms with Crippen LogP contribution in [-0.4, -0.2) is 38.9 Å². The second-order valence-corrected chi connectivity index (χ2v) is 6.08. The fourth-order valence-electron chi connectivity index (χ4n) is 2.69. The van der Waals surface area contributed by atoms with Crippen molar-refractivity contribution in [1.29, 1.82) is 0 Å². The Morgan fingerprint density at radius 2 is 2.20 bits per heavy atom. The summed E-state index contributed by atoms with van der Waals surface area (Å²) in [5, 5.41) is 14.7. The van der Waals surface area contributed by atoms with Crippen molar-refractivity contribution in [3.8, 4) is 0 Å². The number of rotatable bonds is 2. The monoisotopic (exact) mass is 274 g/mol. The Bertz CT molecular complexity index is 607. The van der Waals surface area contributed by atoms with E-state index in [0.717, 1.165) is 30.0 Å². The molecule has 20 heavy (non-hydrogen) atoms. The average molecular weight is 274 g/mol. The Labute approximate surface area is 119 Å². The molecule has 5 heteroatoms. The molecule has 1 saturated heterocycles. The van der Waals surface area contributed by atoms with E-state index in [0.29, 0.717) is 18.4 Å². The fourth-order valence-corrected chi connectivity index (χ4v) is 2.69. The van der Waals surface area contributed by atoms with Crippen LogP contribution >= 0.6 is 0 Å². The molecule has 0 spiro atoms. The van der Waals surface area contributed by atoms with Gasteiger partial charge in [0.05, 0.1) is 11.8 Å². The van der Waals surface area contributed by atoms with E-state index in [-0.39, 0.29) is 6.10 Å². The molecule has 1 N–H and O–H groups in total. The topological polar surface area (TPSA) is 53.7 Å². The van der Waals surface area contributed by atoms with Crippen LogP contribution in [0.5, 0.6) is 0 Å². The Morgan fingerprint density at radius 3 is 2.90 bits per heavy atom. The van der Waals surface area contributed by atoms with Gasteiger partial charge in [-0.2, -0.15) is 5.10 Å². The number of aromatic nitrogens is 3. The van der Waals surface area contributed by atoms with E-state index in [1.165, 1.54) is 0 Å². The molecule has 0 aromatic carbocycles. The first-order valence-electron chi connectivity index (χ1n) is 7.33. The highest BCUT2D eigenvalue weighted by molar-refractivity contribution is 5.69. The van der Waals surface area contributed by atoms with Crippen LogP contribution in [0.3, 0.4) is 0 Å². The van der Waals surface area contributed by atoms with Gasteiger partial charge in [0.25, 0.3) is 0 Å². The van der Waals surface area contributed by atoms with Gasteiger partial charge in [-0.1, -0.05) is 20.8 Å². The van der Waals surface area contributed by atoms with Gasteiger partial charge in [0, 0.05) is 25.5 Å². The van der Waals surface area contributed by atoms with E-state index in [1.54, 1.807) is 6.20 Å². The summed E-state index contributed by atoms with van der Waals surface area (Å²) in [6.45, 7) is 7.97. The number of aliphatic hydroxyl groups excluding tert-OH is 1. The minimum atomic E-state index is -0.279. The summed E-state index contributed by atoms with van der Waals surface area (Å²) in [6.07, 6.45) is 4.38. The number of aliphatic hydroxyl groups is 1. The zero-order valence-electron chi connectivity index (χ0n) is 12.3. The highest BCUT2D eigenvalue weighted by atomic mass is 16.3. The van der Waals surface area contributed by atoms with Crippen LogP contribution in [0.1, 0.15) is 38.8 Å². The number of nitrogens with zero attached hydrogens (tertiary/aromatic N) is 4. The molecule has 3 rings (SSSR count). The largest absolute Gasteiger partial charge is 0.391 e. The SMILES string of the molecule is CC(C)c1cc2c(N3CCC(C)C(O)C3)nccn2n1. The van der Waals surface area contributed by atoms with Crippen molar-refractivity contribution >= 4 is 11.3 Å². The maximum atomic E-state index is 10.1. The molecule has 2 aromatic heterocycles. The van der Waals surface area contributed by atoms with Crippen LogP contribution in [0.15, 0.2) is 18.5 Å². The molecule has 1 aliphatic rings. The van der Waals surface area contributed by atoms with Gasteiger partial charge in [-0.15, -0.1) is 0 Å². The molecular weight excluding hydrogens is 252 g/mol. The van der Waals surface area contributed by atoms with Crippen LogP contribution < -0.4 is 4.90 Å². The standard InChI is InChI=1S/C15H22N4O/c1-10(2)12-8-13-15(16-5-7-19(13)17-12)18-6-4-11(3)14(20)9-18/h5,7-8,10-11,14,20H,4,6,9H2,1-3H3. The first kappa shape index (κ1) is 13.4. The summed E-state index contributed by atoms with van der Waals surface area (Å²) >= 11 is 0.